The lowest BCUT2D eigenvalue weighted by atomic mass is 9.97. The molecule has 0 aliphatic heterocycles. The average Bonchev–Trinajstić information content (AvgIpc) is 3.14. The first-order chi connectivity index (χ1) is 24.1. The van der Waals surface area contributed by atoms with Gasteiger partial charge in [-0.15, -0.1) is 0 Å². The van der Waals surface area contributed by atoms with Crippen LogP contribution in [0.1, 0.15) is 27.8 Å². The van der Waals surface area contributed by atoms with Gasteiger partial charge in [-0.1, -0.05) is 107 Å². The zero-order valence-corrected chi connectivity index (χ0v) is 31.1. The molecule has 0 unspecified atom stereocenters. The molecule has 8 heteroatoms. The van der Waals surface area contributed by atoms with Gasteiger partial charge in [0.1, 0.15) is 0 Å². The Morgan fingerprint density at radius 3 is 1.24 bits per heavy atom. The van der Waals surface area contributed by atoms with Crippen molar-refractivity contribution in [3.63, 3.8) is 0 Å². The summed E-state index contributed by atoms with van der Waals surface area (Å²) in [5.74, 6) is -1.21. The predicted molar refractivity (Wildman–Crippen MR) is 202 cm³/mol. The highest BCUT2D eigenvalue weighted by Gasteiger charge is 2.40. The normalized spacial score (nSPS) is 12.5. The van der Waals surface area contributed by atoms with Gasteiger partial charge in [0.25, 0.3) is 0 Å². The molecule has 0 radical (unpaired) electrons. The Labute approximate surface area is 301 Å². The second kappa shape index (κ2) is 15.0. The van der Waals surface area contributed by atoms with E-state index in [1.54, 1.807) is 50.2 Å². The third-order valence-electron chi connectivity index (χ3n) is 8.56. The van der Waals surface area contributed by atoms with E-state index in [4.69, 9.17) is 13.1 Å². The fraction of sp³-hybridized carbons (Fsp3) is 0.143. The summed E-state index contributed by atoms with van der Waals surface area (Å²) in [4.78, 5) is 4.56. The van der Waals surface area contributed by atoms with Crippen LogP contribution in [0.15, 0.2) is 181 Å². The van der Waals surface area contributed by atoms with E-state index >= 15 is 0 Å². The van der Waals surface area contributed by atoms with E-state index in [0.717, 1.165) is 47.4 Å². The van der Waals surface area contributed by atoms with Crippen molar-refractivity contribution < 1.29 is 21.5 Å². The van der Waals surface area contributed by atoms with Crippen molar-refractivity contribution in [3.8, 4) is 0 Å². The van der Waals surface area contributed by atoms with Gasteiger partial charge in [-0.05, 0) is 104 Å². The molecule has 0 spiro atoms. The first-order valence-corrected chi connectivity index (χ1v) is 19.9. The van der Waals surface area contributed by atoms with E-state index in [2.05, 4.69) is 24.3 Å². The molecular weight excluding hydrogens is 681 g/mol. The van der Waals surface area contributed by atoms with Crippen molar-refractivity contribution >= 4 is 32.2 Å². The van der Waals surface area contributed by atoms with Crippen LogP contribution >= 0.6 is 22.1 Å². The molecule has 0 N–H and O–H groups in total. The summed E-state index contributed by atoms with van der Waals surface area (Å²) >= 11 is 1.68. The summed E-state index contributed by atoms with van der Waals surface area (Å²) in [6, 6.07) is 48.7. The maximum absolute atomic E-state index is 14.2. The van der Waals surface area contributed by atoms with Gasteiger partial charge in [0.15, 0.2) is 0 Å². The Balaban J connectivity index is 1.47. The number of hydrogen-bond acceptors (Lipinski definition) is 6. The molecular formula is C42H40O5S3. The second-order valence-corrected chi connectivity index (χ2v) is 17.6. The molecule has 0 bridgehead atoms. The summed E-state index contributed by atoms with van der Waals surface area (Å²) in [6.45, 7) is 5.94. The standard InChI is InChI=1S/C42H40O5S3/c1-31-11-23-38(24-12-31)49(39-25-13-32(2)14-26-39,47-50(43,44)41-27-15-33(3)16-28-41)40-29-19-35(20-30-40)42(45-4,46-5)34-17-21-37(22-18-34)48-36-9-7-6-8-10-36/h6-30H,1-5H3. The molecule has 0 heterocycles. The van der Waals surface area contributed by atoms with Crippen molar-refractivity contribution in [3.05, 3.63) is 179 Å². The van der Waals surface area contributed by atoms with Crippen molar-refractivity contribution in [2.45, 2.75) is 55.9 Å². The number of ether oxygens (including phenoxy) is 2. The molecule has 256 valence electrons. The fourth-order valence-electron chi connectivity index (χ4n) is 5.82. The maximum atomic E-state index is 14.2. The zero-order chi connectivity index (χ0) is 35.4. The molecule has 5 nitrogen and oxygen atoms in total. The highest BCUT2D eigenvalue weighted by Crippen LogP contribution is 2.70. The van der Waals surface area contributed by atoms with Crippen molar-refractivity contribution in [1.29, 1.82) is 0 Å². The minimum atomic E-state index is -4.23. The number of rotatable bonds is 12. The van der Waals surface area contributed by atoms with Crippen molar-refractivity contribution in [2.24, 2.45) is 0 Å². The molecule has 0 aliphatic rings. The van der Waals surface area contributed by atoms with Gasteiger partial charge >= 0.3 is 10.1 Å². The van der Waals surface area contributed by atoms with Crippen LogP contribution < -0.4 is 0 Å². The average molecular weight is 721 g/mol. The second-order valence-electron chi connectivity index (χ2n) is 12.0. The van der Waals surface area contributed by atoms with Crippen LogP contribution in [0, 0.1) is 20.8 Å². The van der Waals surface area contributed by atoms with Crippen LogP contribution in [-0.4, -0.2) is 22.6 Å². The number of benzene rings is 6. The van der Waals surface area contributed by atoms with Crippen LogP contribution in [0.2, 0.25) is 0 Å². The summed E-state index contributed by atoms with van der Waals surface area (Å²) in [7, 11) is -3.82. The van der Waals surface area contributed by atoms with Crippen LogP contribution in [-0.2, 0) is 29.0 Å². The first-order valence-electron chi connectivity index (χ1n) is 16.1. The third kappa shape index (κ3) is 7.19. The Bertz CT molecular complexity index is 2080. The molecule has 0 saturated heterocycles. The van der Waals surface area contributed by atoms with Gasteiger partial charge < -0.3 is 9.47 Å². The minimum absolute atomic E-state index is 0.0995. The highest BCUT2D eigenvalue weighted by atomic mass is 32.3. The Morgan fingerprint density at radius 2 is 0.820 bits per heavy atom. The molecule has 6 aromatic rings. The van der Waals surface area contributed by atoms with Crippen molar-refractivity contribution in [1.82, 2.24) is 0 Å². The summed E-state index contributed by atoms with van der Waals surface area (Å²) in [6.07, 6.45) is 0. The lowest BCUT2D eigenvalue weighted by Gasteiger charge is -2.40. The molecule has 0 aliphatic carbocycles. The van der Waals surface area contributed by atoms with E-state index in [9.17, 15) is 8.42 Å². The lowest BCUT2D eigenvalue weighted by Crippen LogP contribution is -2.32. The molecule has 0 amide bonds. The fourth-order valence-corrected chi connectivity index (χ4v) is 11.8. The molecule has 50 heavy (non-hydrogen) atoms. The Kier molecular flexibility index (Phi) is 10.7. The predicted octanol–water partition coefficient (Wildman–Crippen LogP) is 10.9. The van der Waals surface area contributed by atoms with Gasteiger partial charge in [0, 0.05) is 49.8 Å². The van der Waals surface area contributed by atoms with E-state index in [-0.39, 0.29) is 4.90 Å². The molecule has 0 fully saturated rings. The smallest absolute Gasteiger partial charge is 0.307 e. The number of hydrogen-bond donors (Lipinski definition) is 0. The van der Waals surface area contributed by atoms with Gasteiger partial charge in [-0.25, -0.2) is 3.63 Å². The van der Waals surface area contributed by atoms with E-state index in [1.807, 2.05) is 124 Å². The SMILES string of the molecule is COC(OC)(c1ccc(Sc2ccccc2)cc1)c1ccc(S(OS(=O)(=O)c2ccc(C)cc2)(c2ccc(C)cc2)c2ccc(C)cc2)cc1. The van der Waals surface area contributed by atoms with Crippen LogP contribution in [0.25, 0.3) is 0 Å². The van der Waals surface area contributed by atoms with Gasteiger partial charge in [0.05, 0.1) is 4.90 Å². The first kappa shape index (κ1) is 35.7. The molecule has 0 aromatic heterocycles. The molecule has 0 saturated carbocycles. The third-order valence-corrected chi connectivity index (χ3v) is 14.8. The summed E-state index contributed by atoms with van der Waals surface area (Å²) < 4.78 is 47.3. The van der Waals surface area contributed by atoms with Gasteiger partial charge in [0.2, 0.25) is 5.79 Å². The van der Waals surface area contributed by atoms with E-state index in [1.165, 1.54) is 0 Å². The van der Waals surface area contributed by atoms with Crippen LogP contribution in [0.5, 0.6) is 0 Å². The lowest BCUT2D eigenvalue weighted by molar-refractivity contribution is -0.183. The van der Waals surface area contributed by atoms with Gasteiger partial charge in [-0.3, -0.25) is 0 Å². The maximum Gasteiger partial charge on any atom is 0.307 e. The van der Waals surface area contributed by atoms with Gasteiger partial charge in [-0.2, -0.15) is 8.42 Å². The quantitative estimate of drug-likeness (QED) is 0.117. The van der Waals surface area contributed by atoms with Crippen LogP contribution in [0.3, 0.4) is 0 Å². The minimum Gasteiger partial charge on any atom is -0.346 e. The molecule has 6 aromatic carbocycles. The summed E-state index contributed by atoms with van der Waals surface area (Å²) in [5, 5.41) is 0. The topological polar surface area (TPSA) is 61.8 Å². The number of methoxy groups -OCH3 is 2. The largest absolute Gasteiger partial charge is 0.346 e. The highest BCUT2D eigenvalue weighted by molar-refractivity contribution is 8.33. The monoisotopic (exact) mass is 720 g/mol. The van der Waals surface area contributed by atoms with E-state index < -0.39 is 26.2 Å². The van der Waals surface area contributed by atoms with Crippen molar-refractivity contribution in [2.75, 3.05) is 14.2 Å². The molecule has 6 rings (SSSR count). The molecule has 0 atom stereocenters. The number of aryl methyl sites for hydroxylation is 3. The van der Waals surface area contributed by atoms with Crippen LogP contribution in [0.4, 0.5) is 0 Å². The Morgan fingerprint density at radius 1 is 0.460 bits per heavy atom. The summed E-state index contributed by atoms with van der Waals surface area (Å²) in [5.41, 5.74) is 4.64. The zero-order valence-electron chi connectivity index (χ0n) is 28.7. The van der Waals surface area contributed by atoms with E-state index in [0.29, 0.717) is 4.90 Å². The Hall–Kier alpha value is -4.15.